The lowest BCUT2D eigenvalue weighted by molar-refractivity contribution is -0.142. The van der Waals surface area contributed by atoms with E-state index in [1.165, 1.54) is 0 Å². The maximum Gasteiger partial charge on any atom is 0.306 e. The highest BCUT2D eigenvalue weighted by Crippen LogP contribution is 2.16. The van der Waals surface area contributed by atoms with Crippen LogP contribution in [0.3, 0.4) is 0 Å². The molecule has 1 unspecified atom stereocenters. The molecule has 78 valence electrons. The molecule has 0 amide bonds. The van der Waals surface area contributed by atoms with Gasteiger partial charge in [0.25, 0.3) is 0 Å². The lowest BCUT2D eigenvalue weighted by atomic mass is 9.93. The Morgan fingerprint density at radius 3 is 2.79 bits per heavy atom. The van der Waals surface area contributed by atoms with Crippen molar-refractivity contribution in [2.24, 2.45) is 11.8 Å². The van der Waals surface area contributed by atoms with E-state index >= 15 is 0 Å². The molecule has 1 aromatic heterocycles. The molecule has 1 heterocycles. The van der Waals surface area contributed by atoms with Crippen molar-refractivity contribution < 1.29 is 9.90 Å². The highest BCUT2D eigenvalue weighted by molar-refractivity contribution is 5.70. The predicted octanol–water partition coefficient (Wildman–Crippen LogP) is 1.70. The smallest absolute Gasteiger partial charge is 0.306 e. The van der Waals surface area contributed by atoms with Gasteiger partial charge in [-0.1, -0.05) is 13.8 Å². The summed E-state index contributed by atoms with van der Waals surface area (Å²) in [5.74, 6) is -0.636. The van der Waals surface area contributed by atoms with E-state index in [2.05, 4.69) is 9.97 Å². The van der Waals surface area contributed by atoms with Gasteiger partial charge in [0.15, 0.2) is 0 Å². The van der Waals surface area contributed by atoms with Crippen LogP contribution in [0.15, 0.2) is 12.5 Å². The summed E-state index contributed by atoms with van der Waals surface area (Å²) in [5, 5.41) is 8.99. The van der Waals surface area contributed by atoms with Gasteiger partial charge < -0.3 is 10.1 Å². The molecule has 0 fully saturated rings. The Morgan fingerprint density at radius 1 is 1.64 bits per heavy atom. The third kappa shape index (κ3) is 3.20. The SMILES string of the molecule is CC(C)CC(Cc1cnc[nH]1)C(=O)O. The second-order valence-corrected chi connectivity index (χ2v) is 3.95. The monoisotopic (exact) mass is 196 g/mol. The molecule has 0 saturated heterocycles. The highest BCUT2D eigenvalue weighted by atomic mass is 16.4. The van der Waals surface area contributed by atoms with Crippen LogP contribution in [0, 0.1) is 11.8 Å². The Bertz CT molecular complexity index is 280. The van der Waals surface area contributed by atoms with E-state index in [0.717, 1.165) is 5.69 Å². The van der Waals surface area contributed by atoms with Crippen LogP contribution < -0.4 is 0 Å². The minimum atomic E-state index is -0.728. The number of carbonyl (C=O) groups is 1. The molecule has 0 spiro atoms. The average Bonchev–Trinajstić information content (AvgIpc) is 2.54. The predicted molar refractivity (Wildman–Crippen MR) is 52.9 cm³/mol. The van der Waals surface area contributed by atoms with E-state index < -0.39 is 5.97 Å². The first kappa shape index (κ1) is 10.8. The van der Waals surface area contributed by atoms with Crippen LogP contribution in [0.2, 0.25) is 0 Å². The van der Waals surface area contributed by atoms with Crippen LogP contribution in [0.4, 0.5) is 0 Å². The second kappa shape index (κ2) is 4.79. The van der Waals surface area contributed by atoms with Crippen molar-refractivity contribution in [3.8, 4) is 0 Å². The van der Waals surface area contributed by atoms with Gasteiger partial charge >= 0.3 is 5.97 Å². The summed E-state index contributed by atoms with van der Waals surface area (Å²) in [6.07, 6.45) is 4.49. The van der Waals surface area contributed by atoms with Gasteiger partial charge in [-0.25, -0.2) is 4.98 Å². The largest absolute Gasteiger partial charge is 0.481 e. The van der Waals surface area contributed by atoms with Crippen molar-refractivity contribution in [1.29, 1.82) is 0 Å². The molecule has 1 aromatic rings. The Labute approximate surface area is 83.4 Å². The quantitative estimate of drug-likeness (QED) is 0.753. The minimum Gasteiger partial charge on any atom is -0.481 e. The Hall–Kier alpha value is -1.32. The van der Waals surface area contributed by atoms with Gasteiger partial charge in [-0.2, -0.15) is 0 Å². The van der Waals surface area contributed by atoms with Crippen molar-refractivity contribution >= 4 is 5.97 Å². The maximum absolute atomic E-state index is 10.9. The Kier molecular flexibility index (Phi) is 3.68. The molecule has 0 bridgehead atoms. The first-order valence-electron chi connectivity index (χ1n) is 4.79. The van der Waals surface area contributed by atoms with Crippen molar-refractivity contribution in [1.82, 2.24) is 9.97 Å². The zero-order valence-electron chi connectivity index (χ0n) is 8.53. The number of imidazole rings is 1. The third-order valence-corrected chi connectivity index (χ3v) is 2.13. The fourth-order valence-electron chi connectivity index (χ4n) is 1.50. The summed E-state index contributed by atoms with van der Waals surface area (Å²) in [5.41, 5.74) is 0.887. The number of rotatable bonds is 5. The first-order chi connectivity index (χ1) is 6.59. The number of carboxylic acids is 1. The molecular weight excluding hydrogens is 180 g/mol. The zero-order valence-corrected chi connectivity index (χ0v) is 8.53. The van der Waals surface area contributed by atoms with Gasteiger partial charge in [0.05, 0.1) is 12.2 Å². The summed E-state index contributed by atoms with van der Waals surface area (Å²) >= 11 is 0. The first-order valence-corrected chi connectivity index (χ1v) is 4.79. The van der Waals surface area contributed by atoms with Crippen LogP contribution >= 0.6 is 0 Å². The molecule has 0 aliphatic heterocycles. The van der Waals surface area contributed by atoms with Gasteiger partial charge in [-0.15, -0.1) is 0 Å². The normalized spacial score (nSPS) is 13.1. The van der Waals surface area contributed by atoms with E-state index in [1.54, 1.807) is 12.5 Å². The number of aromatic nitrogens is 2. The van der Waals surface area contributed by atoms with E-state index in [1.807, 2.05) is 13.8 Å². The van der Waals surface area contributed by atoms with Crippen molar-refractivity contribution in [3.63, 3.8) is 0 Å². The summed E-state index contributed by atoms with van der Waals surface area (Å²) in [4.78, 5) is 17.7. The third-order valence-electron chi connectivity index (χ3n) is 2.13. The topological polar surface area (TPSA) is 66.0 Å². The molecule has 4 nitrogen and oxygen atoms in total. The fraction of sp³-hybridized carbons (Fsp3) is 0.600. The van der Waals surface area contributed by atoms with E-state index in [4.69, 9.17) is 5.11 Å². The zero-order chi connectivity index (χ0) is 10.6. The van der Waals surface area contributed by atoms with Gasteiger partial charge in [0.1, 0.15) is 0 Å². The molecule has 0 aliphatic carbocycles. The van der Waals surface area contributed by atoms with Gasteiger partial charge in [0.2, 0.25) is 0 Å². The number of carboxylic acid groups (broad SMARTS) is 1. The lowest BCUT2D eigenvalue weighted by Gasteiger charge is -2.13. The number of H-pyrrole nitrogens is 1. The molecule has 0 radical (unpaired) electrons. The minimum absolute atomic E-state index is 0.310. The van der Waals surface area contributed by atoms with Gasteiger partial charge in [-0.3, -0.25) is 4.79 Å². The molecule has 1 rings (SSSR count). The summed E-state index contributed by atoms with van der Waals surface area (Å²) < 4.78 is 0. The highest BCUT2D eigenvalue weighted by Gasteiger charge is 2.19. The number of aliphatic carboxylic acids is 1. The Balaban J connectivity index is 2.56. The number of aromatic amines is 1. The number of hydrogen-bond acceptors (Lipinski definition) is 2. The van der Waals surface area contributed by atoms with E-state index in [9.17, 15) is 4.79 Å². The lowest BCUT2D eigenvalue weighted by Crippen LogP contribution is -2.18. The van der Waals surface area contributed by atoms with Gasteiger partial charge in [0, 0.05) is 18.3 Å². The molecule has 0 saturated carbocycles. The van der Waals surface area contributed by atoms with Crippen LogP contribution in [-0.2, 0) is 11.2 Å². The number of hydrogen-bond donors (Lipinski definition) is 2. The molecule has 1 atom stereocenters. The standard InChI is InChI=1S/C10H16N2O2/c1-7(2)3-8(10(13)14)4-9-5-11-6-12-9/h5-8H,3-4H2,1-2H3,(H,11,12)(H,13,14). The van der Waals surface area contributed by atoms with Crippen LogP contribution in [-0.4, -0.2) is 21.0 Å². The van der Waals surface area contributed by atoms with Crippen LogP contribution in [0.25, 0.3) is 0 Å². The van der Waals surface area contributed by atoms with Crippen molar-refractivity contribution in [3.05, 3.63) is 18.2 Å². The van der Waals surface area contributed by atoms with Gasteiger partial charge in [-0.05, 0) is 12.3 Å². The van der Waals surface area contributed by atoms with E-state index in [-0.39, 0.29) is 5.92 Å². The fourth-order valence-corrected chi connectivity index (χ4v) is 1.50. The number of nitrogens with one attached hydrogen (secondary N) is 1. The maximum atomic E-state index is 10.9. The second-order valence-electron chi connectivity index (χ2n) is 3.95. The molecular formula is C10H16N2O2. The molecule has 2 N–H and O–H groups in total. The summed E-state index contributed by atoms with van der Waals surface area (Å²) in [7, 11) is 0. The molecule has 0 aliphatic rings. The molecule has 0 aromatic carbocycles. The van der Waals surface area contributed by atoms with Crippen molar-refractivity contribution in [2.45, 2.75) is 26.7 Å². The number of nitrogens with zero attached hydrogens (tertiary/aromatic N) is 1. The van der Waals surface area contributed by atoms with Crippen LogP contribution in [0.1, 0.15) is 26.0 Å². The molecule has 14 heavy (non-hydrogen) atoms. The summed E-state index contributed by atoms with van der Waals surface area (Å²) in [6.45, 7) is 4.06. The molecule has 4 heteroatoms. The summed E-state index contributed by atoms with van der Waals surface area (Å²) in [6, 6.07) is 0. The Morgan fingerprint density at radius 2 is 2.36 bits per heavy atom. The van der Waals surface area contributed by atoms with E-state index in [0.29, 0.717) is 18.8 Å². The average molecular weight is 196 g/mol. The van der Waals surface area contributed by atoms with Crippen LogP contribution in [0.5, 0.6) is 0 Å². The van der Waals surface area contributed by atoms with Crippen molar-refractivity contribution in [2.75, 3.05) is 0 Å².